The monoisotopic (exact) mass is 208 g/mol. The van der Waals surface area contributed by atoms with Gasteiger partial charge in [0.05, 0.1) is 6.67 Å². The van der Waals surface area contributed by atoms with Crippen molar-refractivity contribution in [3.63, 3.8) is 0 Å². The van der Waals surface area contributed by atoms with Crippen molar-refractivity contribution in [2.75, 3.05) is 19.8 Å². The van der Waals surface area contributed by atoms with Gasteiger partial charge in [-0.25, -0.2) is 0 Å². The van der Waals surface area contributed by atoms with E-state index in [9.17, 15) is 13.2 Å². The first kappa shape index (κ1) is 11.2. The number of nitrogens with zero attached hydrogens (tertiary/aromatic N) is 2. The van der Waals surface area contributed by atoms with E-state index in [2.05, 4.69) is 6.92 Å². The molecule has 0 N–H and O–H groups in total. The Hall–Kier alpha value is -0.870. The Morgan fingerprint density at radius 3 is 2.43 bits per heavy atom. The summed E-state index contributed by atoms with van der Waals surface area (Å²) in [6, 6.07) is 0. The molecule has 0 aromatic rings. The van der Waals surface area contributed by atoms with Gasteiger partial charge in [-0.2, -0.15) is 13.2 Å². The van der Waals surface area contributed by atoms with E-state index in [1.807, 2.05) is 4.90 Å². The minimum atomic E-state index is -4.11. The highest BCUT2D eigenvalue weighted by atomic mass is 19.4. The van der Waals surface area contributed by atoms with Gasteiger partial charge in [0.15, 0.2) is 0 Å². The maximum absolute atomic E-state index is 12.0. The van der Waals surface area contributed by atoms with Gasteiger partial charge in [0.2, 0.25) is 0 Å². The molecule has 0 aromatic carbocycles. The summed E-state index contributed by atoms with van der Waals surface area (Å²) in [6.45, 7) is 2.40. The van der Waals surface area contributed by atoms with E-state index >= 15 is 0 Å². The highest BCUT2D eigenvalue weighted by Crippen LogP contribution is 2.19. The Labute approximate surface area is 82.0 Å². The summed E-state index contributed by atoms with van der Waals surface area (Å²) >= 11 is 0. The minimum absolute atomic E-state index is 0.361. The smallest absolute Gasteiger partial charge is 0.359 e. The van der Waals surface area contributed by atoms with Crippen LogP contribution in [-0.2, 0) is 0 Å². The van der Waals surface area contributed by atoms with Crippen LogP contribution in [0.1, 0.15) is 19.8 Å². The van der Waals surface area contributed by atoms with Crippen LogP contribution >= 0.6 is 0 Å². The first-order chi connectivity index (χ1) is 6.51. The Kier molecular flexibility index (Phi) is 3.66. The number of hydrogen-bond acceptors (Lipinski definition) is 2. The lowest BCUT2D eigenvalue weighted by atomic mass is 10.3. The van der Waals surface area contributed by atoms with Crippen LogP contribution in [0.3, 0.4) is 0 Å². The molecule has 0 saturated carbocycles. The summed E-state index contributed by atoms with van der Waals surface area (Å²) in [6.07, 6.45) is 1.20. The van der Waals surface area contributed by atoms with Gasteiger partial charge in [-0.1, -0.05) is 13.3 Å². The zero-order valence-electron chi connectivity index (χ0n) is 8.22. The van der Waals surface area contributed by atoms with Crippen LogP contribution in [0.2, 0.25) is 0 Å². The molecule has 82 valence electrons. The van der Waals surface area contributed by atoms with Gasteiger partial charge in [-0.3, -0.25) is 0 Å². The number of rotatable bonds is 4. The van der Waals surface area contributed by atoms with E-state index in [1.54, 1.807) is 6.20 Å². The fourth-order valence-corrected chi connectivity index (χ4v) is 1.36. The summed E-state index contributed by atoms with van der Waals surface area (Å²) in [5, 5.41) is 0. The van der Waals surface area contributed by atoms with Crippen molar-refractivity contribution < 1.29 is 13.2 Å². The first-order valence-electron chi connectivity index (χ1n) is 4.74. The molecule has 0 amide bonds. The molecule has 0 radical (unpaired) electrons. The lowest BCUT2D eigenvalue weighted by molar-refractivity contribution is -0.141. The van der Waals surface area contributed by atoms with Gasteiger partial charge in [-0.05, 0) is 6.42 Å². The molecule has 5 heteroatoms. The van der Waals surface area contributed by atoms with Gasteiger partial charge in [0.25, 0.3) is 0 Å². The normalized spacial score (nSPS) is 16.9. The molecule has 0 saturated heterocycles. The third-order valence-electron chi connectivity index (χ3n) is 2.03. The maximum atomic E-state index is 12.0. The molecule has 0 aliphatic carbocycles. The van der Waals surface area contributed by atoms with E-state index in [0.29, 0.717) is 6.67 Å². The van der Waals surface area contributed by atoms with E-state index in [-0.39, 0.29) is 0 Å². The fraction of sp³-hybridized carbons (Fsp3) is 0.778. The van der Waals surface area contributed by atoms with E-state index in [0.717, 1.165) is 19.4 Å². The highest BCUT2D eigenvalue weighted by molar-refractivity contribution is 4.91. The predicted molar refractivity (Wildman–Crippen MR) is 48.4 cm³/mol. The van der Waals surface area contributed by atoms with Crippen LogP contribution in [0.15, 0.2) is 12.4 Å². The zero-order chi connectivity index (χ0) is 10.6. The van der Waals surface area contributed by atoms with E-state index < -0.39 is 12.7 Å². The lowest BCUT2D eigenvalue weighted by Gasteiger charge is -2.21. The second kappa shape index (κ2) is 4.57. The van der Waals surface area contributed by atoms with Gasteiger partial charge >= 0.3 is 6.18 Å². The standard InChI is InChI=1S/C9H15F3N2/c1-2-3-4-13-5-6-14(8-13)7-9(10,11)12/h5-6H,2-4,7-8H2,1H3. The zero-order valence-corrected chi connectivity index (χ0v) is 8.22. The van der Waals surface area contributed by atoms with Crippen molar-refractivity contribution in [1.29, 1.82) is 0 Å². The second-order valence-corrected chi connectivity index (χ2v) is 3.47. The quantitative estimate of drug-likeness (QED) is 0.700. The number of halogens is 3. The molecule has 14 heavy (non-hydrogen) atoms. The van der Waals surface area contributed by atoms with Crippen molar-refractivity contribution >= 4 is 0 Å². The van der Waals surface area contributed by atoms with Crippen LogP contribution in [0, 0.1) is 0 Å². The third-order valence-corrected chi connectivity index (χ3v) is 2.03. The maximum Gasteiger partial charge on any atom is 0.405 e. The Bertz CT molecular complexity index is 201. The highest BCUT2D eigenvalue weighted by Gasteiger charge is 2.31. The molecule has 0 spiro atoms. The van der Waals surface area contributed by atoms with Crippen LogP contribution in [0.5, 0.6) is 0 Å². The lowest BCUT2D eigenvalue weighted by Crippen LogP contribution is -2.33. The Morgan fingerprint density at radius 1 is 1.21 bits per heavy atom. The summed E-state index contributed by atoms with van der Waals surface area (Å²) in [5.74, 6) is 0. The molecule has 0 bridgehead atoms. The van der Waals surface area contributed by atoms with Crippen molar-refractivity contribution in [1.82, 2.24) is 9.80 Å². The molecule has 1 aliphatic rings. The molecule has 1 heterocycles. The van der Waals surface area contributed by atoms with Crippen molar-refractivity contribution in [3.05, 3.63) is 12.4 Å². The SMILES string of the molecule is CCCCN1C=CN(CC(F)(F)F)C1. The van der Waals surface area contributed by atoms with Crippen molar-refractivity contribution in [2.24, 2.45) is 0 Å². The second-order valence-electron chi connectivity index (χ2n) is 3.47. The Morgan fingerprint density at radius 2 is 1.86 bits per heavy atom. The molecule has 0 aromatic heterocycles. The van der Waals surface area contributed by atoms with Crippen LogP contribution in [0.4, 0.5) is 13.2 Å². The van der Waals surface area contributed by atoms with Gasteiger partial charge < -0.3 is 9.80 Å². The average Bonchev–Trinajstić information content (AvgIpc) is 2.46. The topological polar surface area (TPSA) is 6.48 Å². The number of hydrogen-bond donors (Lipinski definition) is 0. The van der Waals surface area contributed by atoms with E-state index in [4.69, 9.17) is 0 Å². The summed E-state index contributed by atoms with van der Waals surface area (Å²) in [7, 11) is 0. The van der Waals surface area contributed by atoms with Crippen molar-refractivity contribution in [3.8, 4) is 0 Å². The van der Waals surface area contributed by atoms with Gasteiger partial charge in [-0.15, -0.1) is 0 Å². The molecular weight excluding hydrogens is 193 g/mol. The first-order valence-corrected chi connectivity index (χ1v) is 4.74. The Balaban J connectivity index is 2.25. The molecule has 0 unspecified atom stereocenters. The minimum Gasteiger partial charge on any atom is -0.359 e. The predicted octanol–water partition coefficient (Wildman–Crippen LogP) is 2.40. The van der Waals surface area contributed by atoms with Gasteiger partial charge in [0, 0.05) is 18.9 Å². The van der Waals surface area contributed by atoms with Crippen LogP contribution in [0.25, 0.3) is 0 Å². The summed E-state index contributed by atoms with van der Waals surface area (Å²) < 4.78 is 36.0. The molecule has 1 rings (SSSR count). The molecule has 0 fully saturated rings. The van der Waals surface area contributed by atoms with Crippen LogP contribution in [-0.4, -0.2) is 35.7 Å². The summed E-state index contributed by atoms with van der Waals surface area (Å²) in [5.41, 5.74) is 0. The largest absolute Gasteiger partial charge is 0.405 e. The molecule has 0 atom stereocenters. The molecular formula is C9H15F3N2. The van der Waals surface area contributed by atoms with Crippen molar-refractivity contribution in [2.45, 2.75) is 25.9 Å². The van der Waals surface area contributed by atoms with Crippen LogP contribution < -0.4 is 0 Å². The number of alkyl halides is 3. The fourth-order valence-electron chi connectivity index (χ4n) is 1.36. The molecule has 1 aliphatic heterocycles. The average molecular weight is 208 g/mol. The van der Waals surface area contributed by atoms with Gasteiger partial charge in [0.1, 0.15) is 6.54 Å². The third kappa shape index (κ3) is 3.89. The molecule has 2 nitrogen and oxygen atoms in total. The van der Waals surface area contributed by atoms with E-state index in [1.165, 1.54) is 11.1 Å². The number of unbranched alkanes of at least 4 members (excludes halogenated alkanes) is 1. The summed E-state index contributed by atoms with van der Waals surface area (Å²) in [4.78, 5) is 3.17.